The summed E-state index contributed by atoms with van der Waals surface area (Å²) in [5, 5.41) is 11.1. The molecule has 0 saturated heterocycles. The van der Waals surface area contributed by atoms with Gasteiger partial charge in [0.1, 0.15) is 6.54 Å². The van der Waals surface area contributed by atoms with Gasteiger partial charge in [0.15, 0.2) is 6.29 Å². The van der Waals surface area contributed by atoms with Crippen LogP contribution in [0.25, 0.3) is 10.2 Å². The molecule has 3 aromatic rings. The molecule has 0 spiro atoms. The minimum absolute atomic E-state index is 0.0252. The van der Waals surface area contributed by atoms with Crippen molar-refractivity contribution in [1.82, 2.24) is 4.57 Å². The molecule has 0 radical (unpaired) electrons. The summed E-state index contributed by atoms with van der Waals surface area (Å²) in [5.74, 6) is -0.0824. The van der Waals surface area contributed by atoms with Crippen LogP contribution in [0.5, 0.6) is 0 Å². The fraction of sp³-hybridized carbons (Fsp3) is 0.222. The van der Waals surface area contributed by atoms with E-state index in [9.17, 15) is 9.59 Å². The van der Waals surface area contributed by atoms with E-state index in [0.717, 1.165) is 27.8 Å². The van der Waals surface area contributed by atoms with Crippen molar-refractivity contribution in [2.24, 2.45) is 0 Å². The lowest BCUT2D eigenvalue weighted by Crippen LogP contribution is -2.34. The SMILES string of the molecule is CCN(C(=O)Cn1c(C=O)cc2sccc21)c1ccc(CO)cc1. The number of aliphatic hydroxyl groups is 1. The Kier molecular flexibility index (Phi) is 4.78. The van der Waals surface area contributed by atoms with E-state index in [4.69, 9.17) is 5.11 Å². The Bertz CT molecular complexity index is 864. The predicted molar refractivity (Wildman–Crippen MR) is 95.6 cm³/mol. The van der Waals surface area contributed by atoms with Crippen LogP contribution in [0.1, 0.15) is 23.0 Å². The number of aldehydes is 1. The molecule has 124 valence electrons. The van der Waals surface area contributed by atoms with E-state index in [1.807, 2.05) is 36.6 Å². The molecule has 6 heteroatoms. The zero-order valence-electron chi connectivity index (χ0n) is 13.3. The molecule has 0 fully saturated rings. The van der Waals surface area contributed by atoms with Gasteiger partial charge in [0.05, 0.1) is 22.5 Å². The molecule has 0 aliphatic rings. The summed E-state index contributed by atoms with van der Waals surface area (Å²) in [6.45, 7) is 2.53. The summed E-state index contributed by atoms with van der Waals surface area (Å²) < 4.78 is 2.76. The number of anilines is 1. The van der Waals surface area contributed by atoms with Gasteiger partial charge in [-0.3, -0.25) is 9.59 Å². The zero-order chi connectivity index (χ0) is 17.1. The lowest BCUT2D eigenvalue weighted by Gasteiger charge is -2.22. The first-order valence-electron chi connectivity index (χ1n) is 7.70. The highest BCUT2D eigenvalue weighted by Gasteiger charge is 2.18. The fourth-order valence-corrected chi connectivity index (χ4v) is 3.61. The van der Waals surface area contributed by atoms with Gasteiger partial charge in [0.2, 0.25) is 5.91 Å². The molecule has 0 atom stereocenters. The van der Waals surface area contributed by atoms with E-state index >= 15 is 0 Å². The lowest BCUT2D eigenvalue weighted by molar-refractivity contribution is -0.119. The smallest absolute Gasteiger partial charge is 0.246 e. The number of nitrogens with zero attached hydrogens (tertiary/aromatic N) is 2. The molecule has 1 aromatic carbocycles. The second-order valence-electron chi connectivity index (χ2n) is 5.41. The van der Waals surface area contributed by atoms with Gasteiger partial charge in [-0.1, -0.05) is 12.1 Å². The van der Waals surface area contributed by atoms with Gasteiger partial charge in [-0.15, -0.1) is 11.3 Å². The topological polar surface area (TPSA) is 62.5 Å². The summed E-state index contributed by atoms with van der Waals surface area (Å²) >= 11 is 1.55. The van der Waals surface area contributed by atoms with E-state index in [1.165, 1.54) is 0 Å². The number of aliphatic hydroxyl groups excluding tert-OH is 1. The second kappa shape index (κ2) is 6.98. The number of benzene rings is 1. The minimum Gasteiger partial charge on any atom is -0.392 e. The third-order valence-corrected chi connectivity index (χ3v) is 4.87. The van der Waals surface area contributed by atoms with Gasteiger partial charge in [0, 0.05) is 12.2 Å². The first-order chi connectivity index (χ1) is 11.7. The maximum atomic E-state index is 12.8. The molecule has 0 saturated carbocycles. The number of carbonyl (C=O) groups is 2. The van der Waals surface area contributed by atoms with Gasteiger partial charge >= 0.3 is 0 Å². The number of thiophene rings is 1. The first kappa shape index (κ1) is 16.4. The highest BCUT2D eigenvalue weighted by atomic mass is 32.1. The third kappa shape index (κ3) is 2.98. The highest BCUT2D eigenvalue weighted by Crippen LogP contribution is 2.25. The molecule has 2 aromatic heterocycles. The monoisotopic (exact) mass is 342 g/mol. The van der Waals surface area contributed by atoms with E-state index < -0.39 is 0 Å². The molecule has 5 nitrogen and oxygen atoms in total. The summed E-state index contributed by atoms with van der Waals surface area (Å²) in [5.41, 5.74) is 3.00. The Morgan fingerprint density at radius 3 is 2.67 bits per heavy atom. The van der Waals surface area contributed by atoms with Crippen molar-refractivity contribution in [2.75, 3.05) is 11.4 Å². The summed E-state index contributed by atoms with van der Waals surface area (Å²) in [7, 11) is 0. The van der Waals surface area contributed by atoms with Gasteiger partial charge in [0.25, 0.3) is 0 Å². The lowest BCUT2D eigenvalue weighted by atomic mass is 10.2. The molecule has 24 heavy (non-hydrogen) atoms. The van der Waals surface area contributed by atoms with E-state index in [-0.39, 0.29) is 19.1 Å². The van der Waals surface area contributed by atoms with Crippen LogP contribution in [-0.4, -0.2) is 28.4 Å². The molecule has 3 rings (SSSR count). The zero-order valence-corrected chi connectivity index (χ0v) is 14.1. The maximum Gasteiger partial charge on any atom is 0.246 e. The quantitative estimate of drug-likeness (QED) is 0.700. The van der Waals surface area contributed by atoms with Crippen LogP contribution in [0, 0.1) is 0 Å². The molecule has 2 heterocycles. The normalized spacial score (nSPS) is 10.9. The first-order valence-corrected chi connectivity index (χ1v) is 8.58. The van der Waals surface area contributed by atoms with E-state index in [2.05, 4.69) is 0 Å². The van der Waals surface area contributed by atoms with Crippen LogP contribution in [-0.2, 0) is 17.9 Å². The van der Waals surface area contributed by atoms with Crippen LogP contribution < -0.4 is 4.90 Å². The molecule has 0 bridgehead atoms. The Labute approximate surface area is 143 Å². The van der Waals surface area contributed by atoms with Crippen molar-refractivity contribution < 1.29 is 14.7 Å². The number of fused-ring (bicyclic) bond motifs is 1. The summed E-state index contributed by atoms with van der Waals surface area (Å²) in [6, 6.07) is 11.0. The van der Waals surface area contributed by atoms with Gasteiger partial charge in [-0.25, -0.2) is 0 Å². The number of rotatable bonds is 6. The molecule has 1 N–H and O–H groups in total. The number of hydrogen-bond donors (Lipinski definition) is 1. The summed E-state index contributed by atoms with van der Waals surface area (Å²) in [4.78, 5) is 25.7. The second-order valence-corrected chi connectivity index (χ2v) is 6.35. The van der Waals surface area contributed by atoms with Gasteiger partial charge in [-0.05, 0) is 42.1 Å². The van der Waals surface area contributed by atoms with Crippen molar-refractivity contribution in [3.8, 4) is 0 Å². The standard InChI is InChI=1S/C18H18N2O3S/c1-2-19(14-5-3-13(11-21)4-6-14)18(23)10-20-15(12-22)9-17-16(20)7-8-24-17/h3-9,12,21H,2,10-11H2,1H3. The minimum atomic E-state index is -0.0824. The van der Waals surface area contributed by atoms with Crippen LogP contribution in [0.2, 0.25) is 0 Å². The number of aromatic nitrogens is 1. The van der Waals surface area contributed by atoms with Crippen LogP contribution >= 0.6 is 11.3 Å². The average Bonchev–Trinajstić information content (AvgIpc) is 3.18. The van der Waals surface area contributed by atoms with Crippen molar-refractivity contribution >= 4 is 39.4 Å². The molecule has 1 amide bonds. The highest BCUT2D eigenvalue weighted by molar-refractivity contribution is 7.17. The maximum absolute atomic E-state index is 12.8. The number of carbonyl (C=O) groups excluding carboxylic acids is 2. The van der Waals surface area contributed by atoms with Crippen molar-refractivity contribution in [3.63, 3.8) is 0 Å². The Morgan fingerprint density at radius 2 is 2.04 bits per heavy atom. The number of amides is 1. The largest absolute Gasteiger partial charge is 0.392 e. The van der Waals surface area contributed by atoms with Crippen molar-refractivity contribution in [2.45, 2.75) is 20.1 Å². The number of likely N-dealkylation sites (N-methyl/N-ethyl adjacent to an activating group) is 1. The van der Waals surface area contributed by atoms with Gasteiger partial charge < -0.3 is 14.6 Å². The van der Waals surface area contributed by atoms with Crippen molar-refractivity contribution in [3.05, 3.63) is 53.0 Å². The van der Waals surface area contributed by atoms with Gasteiger partial charge in [-0.2, -0.15) is 0 Å². The van der Waals surface area contributed by atoms with Crippen molar-refractivity contribution in [1.29, 1.82) is 0 Å². The fourth-order valence-electron chi connectivity index (χ4n) is 2.78. The molecular weight excluding hydrogens is 324 g/mol. The number of hydrogen-bond acceptors (Lipinski definition) is 4. The average molecular weight is 342 g/mol. The predicted octanol–water partition coefficient (Wildman–Crippen LogP) is 3.06. The molecule has 0 unspecified atom stereocenters. The van der Waals surface area contributed by atoms with E-state index in [0.29, 0.717) is 12.2 Å². The molecular formula is C18H18N2O3S. The Morgan fingerprint density at radius 1 is 1.29 bits per heavy atom. The van der Waals surface area contributed by atoms with E-state index in [1.54, 1.807) is 32.9 Å². The van der Waals surface area contributed by atoms with Crippen LogP contribution in [0.4, 0.5) is 5.69 Å². The Balaban J connectivity index is 1.88. The summed E-state index contributed by atoms with van der Waals surface area (Å²) in [6.07, 6.45) is 0.784. The Hall–Kier alpha value is -2.44. The van der Waals surface area contributed by atoms with Crippen LogP contribution in [0.3, 0.4) is 0 Å². The third-order valence-electron chi connectivity index (χ3n) is 4.02. The molecule has 0 aliphatic carbocycles. The molecule has 0 aliphatic heterocycles. The van der Waals surface area contributed by atoms with Crippen LogP contribution in [0.15, 0.2) is 41.8 Å².